The van der Waals surface area contributed by atoms with Gasteiger partial charge in [0.1, 0.15) is 18.1 Å². The number of hydrogen-bond donors (Lipinski definition) is 5. The fourth-order valence-corrected chi connectivity index (χ4v) is 3.33. The van der Waals surface area contributed by atoms with E-state index in [1.165, 1.54) is 11.8 Å². The van der Waals surface area contributed by atoms with Gasteiger partial charge in [-0.05, 0) is 50.7 Å². The van der Waals surface area contributed by atoms with E-state index in [1.54, 1.807) is 20.8 Å². The molecule has 4 atom stereocenters. The maximum absolute atomic E-state index is 12.6. The van der Waals surface area contributed by atoms with Crippen LogP contribution < -0.4 is 21.3 Å². The van der Waals surface area contributed by atoms with Gasteiger partial charge in [0.05, 0.1) is 6.04 Å². The lowest BCUT2D eigenvalue weighted by molar-refractivity contribution is -0.142. The van der Waals surface area contributed by atoms with E-state index in [-0.39, 0.29) is 17.9 Å². The molecule has 28 heavy (non-hydrogen) atoms. The number of nitrogens with one attached hydrogen (secondary N) is 4. The van der Waals surface area contributed by atoms with E-state index < -0.39 is 35.9 Å². The third kappa shape index (κ3) is 7.67. The van der Waals surface area contributed by atoms with Crippen LogP contribution in [-0.4, -0.2) is 71.5 Å². The van der Waals surface area contributed by atoms with Crippen molar-refractivity contribution in [3.05, 3.63) is 0 Å². The summed E-state index contributed by atoms with van der Waals surface area (Å²) >= 11 is 1.49. The minimum absolute atomic E-state index is 0.242. The molecule has 0 radical (unpaired) electrons. The van der Waals surface area contributed by atoms with Gasteiger partial charge >= 0.3 is 5.97 Å². The zero-order chi connectivity index (χ0) is 21.3. The van der Waals surface area contributed by atoms with Crippen molar-refractivity contribution in [1.29, 1.82) is 0 Å². The Balaban J connectivity index is 2.65. The molecule has 0 spiro atoms. The van der Waals surface area contributed by atoms with E-state index in [9.17, 15) is 24.3 Å². The van der Waals surface area contributed by atoms with Gasteiger partial charge < -0.3 is 26.4 Å². The van der Waals surface area contributed by atoms with Crippen molar-refractivity contribution in [2.24, 2.45) is 5.92 Å². The monoisotopic (exact) mass is 416 g/mol. The Labute approximate surface area is 170 Å². The number of amides is 3. The van der Waals surface area contributed by atoms with Gasteiger partial charge in [-0.15, -0.1) is 0 Å². The molecule has 160 valence electrons. The predicted molar refractivity (Wildman–Crippen MR) is 108 cm³/mol. The van der Waals surface area contributed by atoms with Crippen LogP contribution >= 0.6 is 11.8 Å². The van der Waals surface area contributed by atoms with Crippen molar-refractivity contribution in [3.63, 3.8) is 0 Å². The molecule has 4 unspecified atom stereocenters. The van der Waals surface area contributed by atoms with Crippen LogP contribution in [0, 0.1) is 5.92 Å². The summed E-state index contributed by atoms with van der Waals surface area (Å²) in [6.07, 6.45) is 3.79. The van der Waals surface area contributed by atoms with Crippen LogP contribution in [0.2, 0.25) is 0 Å². The summed E-state index contributed by atoms with van der Waals surface area (Å²) in [7, 11) is 0. The van der Waals surface area contributed by atoms with Crippen LogP contribution in [-0.2, 0) is 19.2 Å². The maximum Gasteiger partial charge on any atom is 0.326 e. The summed E-state index contributed by atoms with van der Waals surface area (Å²) in [5.41, 5.74) is 0. The highest BCUT2D eigenvalue weighted by atomic mass is 32.2. The lowest BCUT2D eigenvalue weighted by Gasteiger charge is -2.26. The summed E-state index contributed by atoms with van der Waals surface area (Å²) in [5.74, 6) is -2.05. The van der Waals surface area contributed by atoms with Gasteiger partial charge in [-0.1, -0.05) is 13.8 Å². The molecule has 1 heterocycles. The molecule has 1 rings (SSSR count). The summed E-state index contributed by atoms with van der Waals surface area (Å²) in [6.45, 7) is 5.84. The lowest BCUT2D eigenvalue weighted by Crippen LogP contribution is -2.57. The topological polar surface area (TPSA) is 137 Å². The lowest BCUT2D eigenvalue weighted by atomic mass is 10.0. The molecular formula is C18H32N4O5S. The Bertz CT molecular complexity index is 566. The Morgan fingerprint density at radius 1 is 1.11 bits per heavy atom. The van der Waals surface area contributed by atoms with Gasteiger partial charge in [0, 0.05) is 0 Å². The van der Waals surface area contributed by atoms with Gasteiger partial charge in [-0.25, -0.2) is 4.79 Å². The molecule has 1 aliphatic rings. The van der Waals surface area contributed by atoms with Crippen molar-refractivity contribution in [3.8, 4) is 0 Å². The number of carboxylic acids is 1. The zero-order valence-corrected chi connectivity index (χ0v) is 17.7. The molecule has 0 aromatic heterocycles. The first-order valence-electron chi connectivity index (χ1n) is 9.53. The number of aliphatic carboxylic acids is 1. The molecule has 1 saturated heterocycles. The molecule has 9 nitrogen and oxygen atoms in total. The van der Waals surface area contributed by atoms with Crippen molar-refractivity contribution >= 4 is 35.5 Å². The Morgan fingerprint density at radius 2 is 1.79 bits per heavy atom. The summed E-state index contributed by atoms with van der Waals surface area (Å²) < 4.78 is 0. The molecular weight excluding hydrogens is 384 g/mol. The van der Waals surface area contributed by atoms with E-state index in [2.05, 4.69) is 21.3 Å². The fraction of sp³-hybridized carbons (Fsp3) is 0.778. The van der Waals surface area contributed by atoms with E-state index in [0.717, 1.165) is 19.4 Å². The first kappa shape index (κ1) is 24.2. The smallest absolute Gasteiger partial charge is 0.326 e. The van der Waals surface area contributed by atoms with Crippen LogP contribution in [0.25, 0.3) is 0 Å². The van der Waals surface area contributed by atoms with Crippen molar-refractivity contribution in [2.75, 3.05) is 18.6 Å². The zero-order valence-electron chi connectivity index (χ0n) is 16.9. The predicted octanol–water partition coefficient (Wildman–Crippen LogP) is -0.294. The van der Waals surface area contributed by atoms with E-state index >= 15 is 0 Å². The van der Waals surface area contributed by atoms with Gasteiger partial charge in [-0.3, -0.25) is 14.4 Å². The molecule has 0 aromatic rings. The molecule has 0 saturated carbocycles. The Kier molecular flexibility index (Phi) is 10.3. The van der Waals surface area contributed by atoms with E-state index in [4.69, 9.17) is 0 Å². The molecule has 5 N–H and O–H groups in total. The van der Waals surface area contributed by atoms with E-state index in [1.807, 2.05) is 6.26 Å². The van der Waals surface area contributed by atoms with Gasteiger partial charge in [0.2, 0.25) is 17.7 Å². The third-order valence-electron chi connectivity index (χ3n) is 4.60. The highest BCUT2D eigenvalue weighted by Crippen LogP contribution is 2.07. The third-order valence-corrected chi connectivity index (χ3v) is 5.24. The Morgan fingerprint density at radius 3 is 2.29 bits per heavy atom. The molecule has 0 aliphatic carbocycles. The highest BCUT2D eigenvalue weighted by molar-refractivity contribution is 7.98. The average Bonchev–Trinajstić information content (AvgIpc) is 3.16. The standard InChI is InChI=1S/C18H32N4O5S/c1-10(2)14(17(25)21-13(18(26)27)7-9-28-4)22-15(23)11(3)20-16(24)12-6-5-8-19-12/h10-14,19H,5-9H2,1-4H3,(H,20,24)(H,21,25)(H,22,23)(H,26,27). The molecule has 3 amide bonds. The molecule has 0 aromatic carbocycles. The first-order chi connectivity index (χ1) is 13.2. The summed E-state index contributed by atoms with van der Waals surface area (Å²) in [5, 5.41) is 20.1. The van der Waals surface area contributed by atoms with Crippen LogP contribution in [0.3, 0.4) is 0 Å². The molecule has 0 bridgehead atoms. The SMILES string of the molecule is CSCCC(NC(=O)C(NC(=O)C(C)NC(=O)C1CCCN1)C(C)C)C(=O)O. The second-order valence-corrected chi connectivity index (χ2v) is 8.28. The second-order valence-electron chi connectivity index (χ2n) is 7.29. The number of thioether (sulfide) groups is 1. The Hall–Kier alpha value is -1.81. The summed E-state index contributed by atoms with van der Waals surface area (Å²) in [6, 6.07) is -3.01. The maximum atomic E-state index is 12.6. The molecule has 1 fully saturated rings. The summed E-state index contributed by atoms with van der Waals surface area (Å²) in [4.78, 5) is 48.5. The van der Waals surface area contributed by atoms with Crippen LogP contribution in [0.1, 0.15) is 40.0 Å². The average molecular weight is 417 g/mol. The molecule has 10 heteroatoms. The number of hydrogen-bond acceptors (Lipinski definition) is 6. The van der Waals surface area contributed by atoms with E-state index in [0.29, 0.717) is 12.2 Å². The number of rotatable bonds is 11. The van der Waals surface area contributed by atoms with Gasteiger partial charge in [-0.2, -0.15) is 11.8 Å². The first-order valence-corrected chi connectivity index (χ1v) is 10.9. The number of carbonyl (C=O) groups is 4. The minimum Gasteiger partial charge on any atom is -0.480 e. The van der Waals surface area contributed by atoms with Crippen LogP contribution in [0.15, 0.2) is 0 Å². The highest BCUT2D eigenvalue weighted by Gasteiger charge is 2.31. The fourth-order valence-electron chi connectivity index (χ4n) is 2.86. The quantitative estimate of drug-likeness (QED) is 0.312. The van der Waals surface area contributed by atoms with Crippen molar-refractivity contribution < 1.29 is 24.3 Å². The van der Waals surface area contributed by atoms with Gasteiger partial charge in [0.25, 0.3) is 0 Å². The van der Waals surface area contributed by atoms with Crippen molar-refractivity contribution in [2.45, 2.75) is 64.2 Å². The number of carboxylic acid groups (broad SMARTS) is 1. The van der Waals surface area contributed by atoms with Crippen LogP contribution in [0.5, 0.6) is 0 Å². The van der Waals surface area contributed by atoms with Crippen LogP contribution in [0.4, 0.5) is 0 Å². The molecule has 1 aliphatic heterocycles. The van der Waals surface area contributed by atoms with Crippen molar-refractivity contribution in [1.82, 2.24) is 21.3 Å². The normalized spacial score (nSPS) is 19.5. The minimum atomic E-state index is -1.11. The van der Waals surface area contributed by atoms with Gasteiger partial charge in [0.15, 0.2) is 0 Å². The number of carbonyl (C=O) groups excluding carboxylic acids is 3. The largest absolute Gasteiger partial charge is 0.480 e. The second kappa shape index (κ2) is 11.9.